The van der Waals surface area contributed by atoms with E-state index in [1.54, 1.807) is 24.4 Å². The average molecular weight is 258 g/mol. The highest BCUT2D eigenvalue weighted by Gasteiger charge is 2.07. The number of hydrogen-bond donors (Lipinski definition) is 0. The van der Waals surface area contributed by atoms with E-state index in [-0.39, 0.29) is 11.6 Å². The smallest absolute Gasteiger partial charge is 0.178 e. The molecule has 0 saturated heterocycles. The zero-order valence-electron chi connectivity index (χ0n) is 10.9. The fraction of sp³-hybridized carbons (Fsp3) is 0.200. The van der Waals surface area contributed by atoms with Gasteiger partial charge in [-0.25, -0.2) is 4.39 Å². The zero-order chi connectivity index (χ0) is 13.8. The standard InChI is InChI=1S/C15H15FN2O/c1-11(19)15-8-7-13(9-17-15)18(2)10-12-5-3-4-6-14(12)16/h3-9H,10H2,1-2H3. The number of ketones is 1. The summed E-state index contributed by atoms with van der Waals surface area (Å²) in [7, 11) is 1.86. The van der Waals surface area contributed by atoms with Crippen LogP contribution in [0.4, 0.5) is 10.1 Å². The molecule has 0 bridgehead atoms. The first-order chi connectivity index (χ1) is 9.08. The molecule has 1 aromatic carbocycles. The van der Waals surface area contributed by atoms with Gasteiger partial charge in [0.2, 0.25) is 0 Å². The van der Waals surface area contributed by atoms with Gasteiger partial charge in [0, 0.05) is 26.1 Å². The number of halogens is 1. The fourth-order valence-electron chi connectivity index (χ4n) is 1.79. The Kier molecular flexibility index (Phi) is 3.90. The Labute approximate surface area is 111 Å². The van der Waals surface area contributed by atoms with Crippen molar-refractivity contribution in [3.63, 3.8) is 0 Å². The average Bonchev–Trinajstić information content (AvgIpc) is 2.41. The van der Waals surface area contributed by atoms with Crippen molar-refractivity contribution in [3.05, 3.63) is 59.7 Å². The predicted molar refractivity (Wildman–Crippen MR) is 72.7 cm³/mol. The molecule has 0 radical (unpaired) electrons. The lowest BCUT2D eigenvalue weighted by atomic mass is 10.2. The van der Waals surface area contributed by atoms with Crippen molar-refractivity contribution in [3.8, 4) is 0 Å². The molecule has 98 valence electrons. The monoisotopic (exact) mass is 258 g/mol. The summed E-state index contributed by atoms with van der Waals surface area (Å²) in [4.78, 5) is 17.1. The molecule has 1 aromatic heterocycles. The van der Waals surface area contributed by atoms with E-state index in [9.17, 15) is 9.18 Å². The zero-order valence-corrected chi connectivity index (χ0v) is 10.9. The maximum absolute atomic E-state index is 13.5. The van der Waals surface area contributed by atoms with Gasteiger partial charge in [-0.15, -0.1) is 0 Å². The van der Waals surface area contributed by atoms with Crippen LogP contribution in [-0.4, -0.2) is 17.8 Å². The normalized spacial score (nSPS) is 10.3. The molecule has 2 rings (SSSR count). The van der Waals surface area contributed by atoms with Crippen LogP contribution in [0.5, 0.6) is 0 Å². The largest absolute Gasteiger partial charge is 0.369 e. The van der Waals surface area contributed by atoms with E-state index in [1.807, 2.05) is 24.1 Å². The summed E-state index contributed by atoms with van der Waals surface area (Å²) in [6, 6.07) is 10.2. The van der Waals surface area contributed by atoms with Crippen LogP contribution in [0.15, 0.2) is 42.6 Å². The van der Waals surface area contributed by atoms with Gasteiger partial charge in [0.25, 0.3) is 0 Å². The topological polar surface area (TPSA) is 33.2 Å². The molecule has 0 saturated carbocycles. The Bertz CT molecular complexity index is 581. The number of anilines is 1. The maximum Gasteiger partial charge on any atom is 0.178 e. The van der Waals surface area contributed by atoms with Crippen molar-refractivity contribution in [1.29, 1.82) is 0 Å². The number of carbonyl (C=O) groups excluding carboxylic acids is 1. The van der Waals surface area contributed by atoms with Crippen LogP contribution >= 0.6 is 0 Å². The third kappa shape index (κ3) is 3.16. The van der Waals surface area contributed by atoms with Gasteiger partial charge in [0.1, 0.15) is 11.5 Å². The third-order valence-electron chi connectivity index (χ3n) is 2.91. The van der Waals surface area contributed by atoms with Gasteiger partial charge in [-0.2, -0.15) is 0 Å². The molecule has 0 amide bonds. The first-order valence-electron chi connectivity index (χ1n) is 5.99. The molecule has 0 spiro atoms. The number of nitrogens with zero attached hydrogens (tertiary/aromatic N) is 2. The van der Waals surface area contributed by atoms with Gasteiger partial charge in [-0.3, -0.25) is 9.78 Å². The Morgan fingerprint density at radius 3 is 2.58 bits per heavy atom. The van der Waals surface area contributed by atoms with Gasteiger partial charge in [0.05, 0.1) is 11.9 Å². The number of pyridine rings is 1. The summed E-state index contributed by atoms with van der Waals surface area (Å²) < 4.78 is 13.5. The van der Waals surface area contributed by atoms with E-state index < -0.39 is 0 Å². The van der Waals surface area contributed by atoms with Gasteiger partial charge in [0.15, 0.2) is 5.78 Å². The molecule has 4 heteroatoms. The van der Waals surface area contributed by atoms with Crippen LogP contribution in [0.2, 0.25) is 0 Å². The molecule has 0 unspecified atom stereocenters. The van der Waals surface area contributed by atoms with Crippen molar-refractivity contribution in [2.45, 2.75) is 13.5 Å². The molecule has 0 atom stereocenters. The summed E-state index contributed by atoms with van der Waals surface area (Å²) in [5.74, 6) is -0.286. The molecule has 1 heterocycles. The SMILES string of the molecule is CC(=O)c1ccc(N(C)Cc2ccccc2F)cn1. The molecule has 0 N–H and O–H groups in total. The van der Waals surface area contributed by atoms with Crippen LogP contribution in [0.3, 0.4) is 0 Å². The summed E-state index contributed by atoms with van der Waals surface area (Å²) in [6.07, 6.45) is 1.62. The second kappa shape index (κ2) is 5.61. The summed E-state index contributed by atoms with van der Waals surface area (Å²) in [5.41, 5.74) is 1.90. The molecule has 3 nitrogen and oxygen atoms in total. The van der Waals surface area contributed by atoms with Crippen molar-refractivity contribution in [2.24, 2.45) is 0 Å². The van der Waals surface area contributed by atoms with Crippen molar-refractivity contribution < 1.29 is 9.18 Å². The summed E-state index contributed by atoms with van der Waals surface area (Å²) in [5, 5.41) is 0. The number of hydrogen-bond acceptors (Lipinski definition) is 3. The van der Waals surface area contributed by atoms with E-state index in [4.69, 9.17) is 0 Å². The van der Waals surface area contributed by atoms with E-state index >= 15 is 0 Å². The minimum Gasteiger partial charge on any atom is -0.369 e. The van der Waals surface area contributed by atoms with Crippen molar-refractivity contribution in [1.82, 2.24) is 4.98 Å². The van der Waals surface area contributed by atoms with Gasteiger partial charge < -0.3 is 4.90 Å². The third-order valence-corrected chi connectivity index (χ3v) is 2.91. The highest BCUT2D eigenvalue weighted by Crippen LogP contribution is 2.16. The second-order valence-electron chi connectivity index (χ2n) is 4.41. The van der Waals surface area contributed by atoms with E-state index in [2.05, 4.69) is 4.98 Å². The van der Waals surface area contributed by atoms with E-state index in [0.717, 1.165) is 5.69 Å². The molecule has 0 aliphatic carbocycles. The first-order valence-corrected chi connectivity index (χ1v) is 5.99. The van der Waals surface area contributed by atoms with Gasteiger partial charge >= 0.3 is 0 Å². The number of benzene rings is 1. The van der Waals surface area contributed by atoms with Crippen LogP contribution in [0.25, 0.3) is 0 Å². The number of aromatic nitrogens is 1. The number of rotatable bonds is 4. The lowest BCUT2D eigenvalue weighted by molar-refractivity contribution is 0.101. The Morgan fingerprint density at radius 1 is 1.26 bits per heavy atom. The summed E-state index contributed by atoms with van der Waals surface area (Å²) >= 11 is 0. The molecular weight excluding hydrogens is 243 g/mol. The highest BCUT2D eigenvalue weighted by molar-refractivity contribution is 5.92. The fourth-order valence-corrected chi connectivity index (χ4v) is 1.79. The quantitative estimate of drug-likeness (QED) is 0.790. The van der Waals surface area contributed by atoms with E-state index in [0.29, 0.717) is 17.8 Å². The second-order valence-corrected chi connectivity index (χ2v) is 4.41. The van der Waals surface area contributed by atoms with Gasteiger partial charge in [-0.05, 0) is 18.2 Å². The van der Waals surface area contributed by atoms with Gasteiger partial charge in [-0.1, -0.05) is 18.2 Å². The van der Waals surface area contributed by atoms with Crippen molar-refractivity contribution >= 4 is 11.5 Å². The minimum atomic E-state index is -0.220. The first kappa shape index (κ1) is 13.2. The van der Waals surface area contributed by atoms with Crippen LogP contribution in [0.1, 0.15) is 23.0 Å². The maximum atomic E-state index is 13.5. The molecule has 0 aliphatic heterocycles. The highest BCUT2D eigenvalue weighted by atomic mass is 19.1. The van der Waals surface area contributed by atoms with Crippen LogP contribution < -0.4 is 4.90 Å². The number of carbonyl (C=O) groups is 1. The lowest BCUT2D eigenvalue weighted by Crippen LogP contribution is -2.17. The Balaban J connectivity index is 2.14. The molecule has 0 aliphatic rings. The van der Waals surface area contributed by atoms with Crippen LogP contribution in [0, 0.1) is 5.82 Å². The molecule has 0 fully saturated rings. The molecule has 19 heavy (non-hydrogen) atoms. The minimum absolute atomic E-state index is 0.0664. The lowest BCUT2D eigenvalue weighted by Gasteiger charge is -2.19. The van der Waals surface area contributed by atoms with Crippen LogP contribution in [-0.2, 0) is 6.54 Å². The van der Waals surface area contributed by atoms with Crippen molar-refractivity contribution in [2.75, 3.05) is 11.9 Å². The number of Topliss-reactive ketones (excluding diaryl/α,β-unsaturated/α-hetero) is 1. The molecule has 2 aromatic rings. The Morgan fingerprint density at radius 2 is 2.00 bits per heavy atom. The van der Waals surface area contributed by atoms with E-state index in [1.165, 1.54) is 13.0 Å². The Hall–Kier alpha value is -2.23. The predicted octanol–water partition coefficient (Wildman–Crippen LogP) is 3.06. The molecular formula is C15H15FN2O. The summed E-state index contributed by atoms with van der Waals surface area (Å²) in [6.45, 7) is 1.93.